The van der Waals surface area contributed by atoms with Crippen molar-refractivity contribution >= 4 is 17.7 Å². The van der Waals surface area contributed by atoms with E-state index >= 15 is 0 Å². The molecule has 1 amide bonds. The van der Waals surface area contributed by atoms with Crippen LogP contribution < -0.4 is 0 Å². The number of Topliss-reactive ketones (excluding diaryl/α,β-unsaturated/α-hetero) is 1. The molecule has 0 saturated carbocycles. The Kier molecular flexibility index (Phi) is 7.53. The van der Waals surface area contributed by atoms with Crippen LogP contribution in [0.15, 0.2) is 54.3 Å². The summed E-state index contributed by atoms with van der Waals surface area (Å²) in [6, 6.07) is 9.20. The van der Waals surface area contributed by atoms with E-state index in [0.717, 1.165) is 31.2 Å². The first-order chi connectivity index (χ1) is 12.9. The Balaban J connectivity index is 1.81. The van der Waals surface area contributed by atoms with E-state index in [-0.39, 0.29) is 17.7 Å². The van der Waals surface area contributed by atoms with Crippen LogP contribution in [-0.4, -0.2) is 35.7 Å². The number of hydrogen-bond donors (Lipinski definition) is 0. The van der Waals surface area contributed by atoms with Gasteiger partial charge in [-0.3, -0.25) is 9.59 Å². The van der Waals surface area contributed by atoms with Crippen molar-refractivity contribution in [1.29, 1.82) is 0 Å². The first kappa shape index (κ1) is 20.6. The van der Waals surface area contributed by atoms with Crippen LogP contribution >= 0.6 is 0 Å². The maximum atomic E-state index is 12.8. The first-order valence-corrected chi connectivity index (χ1v) is 9.32. The average molecular weight is 369 g/mol. The van der Waals surface area contributed by atoms with E-state index in [1.165, 1.54) is 0 Å². The Bertz CT molecular complexity index is 736. The Morgan fingerprint density at radius 1 is 1.11 bits per heavy atom. The Morgan fingerprint density at radius 3 is 2.44 bits per heavy atom. The van der Waals surface area contributed by atoms with Crippen LogP contribution in [0.25, 0.3) is 0 Å². The maximum absolute atomic E-state index is 12.8. The number of nitrogens with zero attached hydrogens (tertiary/aromatic N) is 1. The molecule has 0 N–H and O–H groups in total. The molecular formula is C22H27NO4. The molecule has 0 bridgehead atoms. The number of benzene rings is 1. The second-order valence-electron chi connectivity index (χ2n) is 6.88. The van der Waals surface area contributed by atoms with Gasteiger partial charge < -0.3 is 9.64 Å². The van der Waals surface area contributed by atoms with Gasteiger partial charge in [0.25, 0.3) is 0 Å². The van der Waals surface area contributed by atoms with Crippen molar-refractivity contribution in [2.75, 3.05) is 13.2 Å². The van der Waals surface area contributed by atoms with Gasteiger partial charge in [-0.25, -0.2) is 4.79 Å². The van der Waals surface area contributed by atoms with E-state index in [2.05, 4.69) is 6.58 Å². The van der Waals surface area contributed by atoms with E-state index in [0.29, 0.717) is 24.3 Å². The van der Waals surface area contributed by atoms with Crippen molar-refractivity contribution in [2.24, 2.45) is 0 Å². The SMILES string of the molecule is C=C(C)C(=O)OCCCCCCN1C=C(C)C(=O)C(c2ccccc2)C1=O. The highest BCUT2D eigenvalue weighted by molar-refractivity contribution is 6.16. The lowest BCUT2D eigenvalue weighted by Crippen LogP contribution is -2.40. The van der Waals surface area contributed by atoms with Crippen LogP contribution in [0.2, 0.25) is 0 Å². The molecule has 1 heterocycles. The normalized spacial score (nSPS) is 16.9. The zero-order valence-electron chi connectivity index (χ0n) is 16.1. The van der Waals surface area contributed by atoms with Crippen LogP contribution in [-0.2, 0) is 19.1 Å². The predicted octanol–water partition coefficient (Wildman–Crippen LogP) is 3.77. The number of allylic oxidation sites excluding steroid dienone is 1. The third-order valence-electron chi connectivity index (χ3n) is 4.54. The van der Waals surface area contributed by atoms with Crippen molar-refractivity contribution < 1.29 is 19.1 Å². The van der Waals surface area contributed by atoms with Gasteiger partial charge in [-0.05, 0) is 38.7 Å². The first-order valence-electron chi connectivity index (χ1n) is 9.32. The minimum atomic E-state index is -0.738. The molecule has 0 aromatic heterocycles. The number of rotatable bonds is 9. The Hall–Kier alpha value is -2.69. The summed E-state index contributed by atoms with van der Waals surface area (Å²) >= 11 is 0. The fourth-order valence-electron chi connectivity index (χ4n) is 3.01. The van der Waals surface area contributed by atoms with Crippen molar-refractivity contribution in [3.8, 4) is 0 Å². The highest BCUT2D eigenvalue weighted by Crippen LogP contribution is 2.27. The lowest BCUT2D eigenvalue weighted by atomic mass is 9.87. The Labute approximate surface area is 160 Å². The molecule has 2 rings (SSSR count). The largest absolute Gasteiger partial charge is 0.462 e. The van der Waals surface area contributed by atoms with E-state index in [9.17, 15) is 14.4 Å². The monoisotopic (exact) mass is 369 g/mol. The lowest BCUT2D eigenvalue weighted by Gasteiger charge is -2.29. The molecule has 5 heteroatoms. The summed E-state index contributed by atoms with van der Waals surface area (Å²) in [5.41, 5.74) is 1.75. The number of esters is 1. The number of ketones is 1. The summed E-state index contributed by atoms with van der Waals surface area (Å²) in [6.45, 7) is 7.89. The molecule has 27 heavy (non-hydrogen) atoms. The second-order valence-corrected chi connectivity index (χ2v) is 6.88. The van der Waals surface area contributed by atoms with Crippen LogP contribution in [0.4, 0.5) is 0 Å². The standard InChI is InChI=1S/C22H27NO4/c1-16(2)22(26)27-14-10-5-4-9-13-23-15-17(3)20(24)19(21(23)25)18-11-7-6-8-12-18/h6-8,11-12,15,19H,1,4-5,9-10,13-14H2,2-3H3. The van der Waals surface area contributed by atoms with E-state index in [1.807, 2.05) is 30.3 Å². The van der Waals surface area contributed by atoms with E-state index in [1.54, 1.807) is 24.9 Å². The third-order valence-corrected chi connectivity index (χ3v) is 4.54. The van der Waals surface area contributed by atoms with Crippen LogP contribution in [0.3, 0.4) is 0 Å². The van der Waals surface area contributed by atoms with Crippen LogP contribution in [0, 0.1) is 0 Å². The highest BCUT2D eigenvalue weighted by Gasteiger charge is 2.35. The van der Waals surface area contributed by atoms with Crippen molar-refractivity contribution in [1.82, 2.24) is 4.90 Å². The van der Waals surface area contributed by atoms with Crippen molar-refractivity contribution in [2.45, 2.75) is 45.4 Å². The third kappa shape index (κ3) is 5.64. The van der Waals surface area contributed by atoms with Crippen molar-refractivity contribution in [3.63, 3.8) is 0 Å². The number of carbonyl (C=O) groups excluding carboxylic acids is 3. The molecule has 1 atom stereocenters. The summed E-state index contributed by atoms with van der Waals surface area (Å²) in [5, 5.41) is 0. The summed E-state index contributed by atoms with van der Waals surface area (Å²) < 4.78 is 5.06. The van der Waals surface area contributed by atoms with Crippen molar-refractivity contribution in [3.05, 3.63) is 59.8 Å². The zero-order valence-corrected chi connectivity index (χ0v) is 16.1. The van der Waals surface area contributed by atoms with Gasteiger partial charge in [-0.1, -0.05) is 43.3 Å². The van der Waals surface area contributed by atoms with Gasteiger partial charge in [0.15, 0.2) is 5.78 Å². The minimum absolute atomic E-state index is 0.123. The molecule has 0 fully saturated rings. The number of unbranched alkanes of at least 4 members (excludes halogenated alkanes) is 3. The van der Waals surface area contributed by atoms with Gasteiger partial charge in [0.05, 0.1) is 6.61 Å². The summed E-state index contributed by atoms with van der Waals surface area (Å²) in [6.07, 6.45) is 5.12. The second kappa shape index (κ2) is 9.86. The fraction of sp³-hybridized carbons (Fsp3) is 0.409. The number of carbonyl (C=O) groups is 3. The number of ether oxygens (including phenoxy) is 1. The van der Waals surface area contributed by atoms with E-state index < -0.39 is 5.92 Å². The van der Waals surface area contributed by atoms with Gasteiger partial charge in [0, 0.05) is 23.9 Å². The predicted molar refractivity (Wildman–Crippen MR) is 104 cm³/mol. The fourth-order valence-corrected chi connectivity index (χ4v) is 3.01. The quantitative estimate of drug-likeness (QED) is 0.288. The molecule has 5 nitrogen and oxygen atoms in total. The number of amides is 1. The van der Waals surface area contributed by atoms with E-state index in [4.69, 9.17) is 4.74 Å². The molecule has 0 aliphatic carbocycles. The molecule has 0 spiro atoms. The molecule has 1 aliphatic heterocycles. The highest BCUT2D eigenvalue weighted by atomic mass is 16.5. The summed E-state index contributed by atoms with van der Waals surface area (Å²) in [7, 11) is 0. The molecule has 0 radical (unpaired) electrons. The molecule has 144 valence electrons. The van der Waals surface area contributed by atoms with Gasteiger partial charge >= 0.3 is 5.97 Å². The van der Waals surface area contributed by atoms with Crippen LogP contribution in [0.1, 0.15) is 51.0 Å². The molecule has 1 unspecified atom stereocenters. The lowest BCUT2D eigenvalue weighted by molar-refractivity contribution is -0.139. The molecule has 1 aromatic carbocycles. The zero-order chi connectivity index (χ0) is 19.8. The topological polar surface area (TPSA) is 63.7 Å². The minimum Gasteiger partial charge on any atom is -0.462 e. The van der Waals surface area contributed by atoms with Gasteiger partial charge in [-0.2, -0.15) is 0 Å². The number of hydrogen-bond acceptors (Lipinski definition) is 4. The van der Waals surface area contributed by atoms with Gasteiger partial charge in [-0.15, -0.1) is 0 Å². The average Bonchev–Trinajstić information content (AvgIpc) is 2.65. The molecule has 0 saturated heterocycles. The molecular weight excluding hydrogens is 342 g/mol. The van der Waals surface area contributed by atoms with Crippen LogP contribution in [0.5, 0.6) is 0 Å². The summed E-state index contributed by atoms with van der Waals surface area (Å²) in [4.78, 5) is 38.2. The smallest absolute Gasteiger partial charge is 0.333 e. The molecule has 1 aliphatic rings. The van der Waals surface area contributed by atoms with Gasteiger partial charge in [0.2, 0.25) is 5.91 Å². The maximum Gasteiger partial charge on any atom is 0.333 e. The van der Waals surface area contributed by atoms with Gasteiger partial charge in [0.1, 0.15) is 5.92 Å². The Morgan fingerprint density at radius 2 is 1.78 bits per heavy atom. The summed E-state index contributed by atoms with van der Waals surface area (Å²) in [5.74, 6) is -1.38. The molecule has 1 aromatic rings.